The summed E-state index contributed by atoms with van der Waals surface area (Å²) in [6, 6.07) is 0. The van der Waals surface area contributed by atoms with Gasteiger partial charge in [0, 0.05) is 12.0 Å². The fourth-order valence-corrected chi connectivity index (χ4v) is 5.48. The number of fused-ring (bicyclic) bond motifs is 10. The van der Waals surface area contributed by atoms with Gasteiger partial charge in [0.05, 0.1) is 18.8 Å². The van der Waals surface area contributed by atoms with Gasteiger partial charge in [-0.15, -0.1) is 0 Å². The molecule has 4 fully saturated rings. The highest BCUT2D eigenvalue weighted by Gasteiger charge is 2.67. The van der Waals surface area contributed by atoms with Crippen LogP contribution in [0.3, 0.4) is 0 Å². The van der Waals surface area contributed by atoms with Crippen LogP contribution in [0.1, 0.15) is 19.3 Å². The van der Waals surface area contributed by atoms with Crippen molar-refractivity contribution < 1.29 is 9.47 Å². The van der Waals surface area contributed by atoms with E-state index in [0.29, 0.717) is 17.6 Å². The van der Waals surface area contributed by atoms with Crippen LogP contribution in [0.25, 0.3) is 0 Å². The van der Waals surface area contributed by atoms with Crippen molar-refractivity contribution in [2.75, 3.05) is 13.2 Å². The van der Waals surface area contributed by atoms with Gasteiger partial charge in [-0.1, -0.05) is 12.2 Å². The molecule has 4 bridgehead atoms. The van der Waals surface area contributed by atoms with Gasteiger partial charge in [-0.25, -0.2) is 0 Å². The van der Waals surface area contributed by atoms with Gasteiger partial charge in [-0.2, -0.15) is 0 Å². The van der Waals surface area contributed by atoms with Gasteiger partial charge in [0.25, 0.3) is 0 Å². The molecule has 3 heterocycles. The SMILES string of the molecule is C1=CC2CC1C1C3CC4(CCOC4)C(O3)C21. The first-order chi connectivity index (χ1) is 7.87. The molecule has 2 heteroatoms. The van der Waals surface area contributed by atoms with Gasteiger partial charge < -0.3 is 9.47 Å². The molecule has 3 saturated heterocycles. The molecule has 0 radical (unpaired) electrons. The van der Waals surface area contributed by atoms with Crippen LogP contribution in [-0.2, 0) is 9.47 Å². The maximum atomic E-state index is 6.34. The summed E-state index contributed by atoms with van der Waals surface area (Å²) in [5.41, 5.74) is 0.421. The molecule has 7 atom stereocenters. The Kier molecular flexibility index (Phi) is 1.40. The van der Waals surface area contributed by atoms with Crippen molar-refractivity contribution in [2.24, 2.45) is 29.1 Å². The number of rotatable bonds is 0. The predicted molar refractivity (Wildman–Crippen MR) is 58.9 cm³/mol. The third-order valence-corrected chi connectivity index (χ3v) is 6.03. The van der Waals surface area contributed by atoms with E-state index in [4.69, 9.17) is 9.47 Å². The highest BCUT2D eigenvalue weighted by molar-refractivity contribution is 5.23. The summed E-state index contributed by atoms with van der Waals surface area (Å²) >= 11 is 0. The average molecular weight is 218 g/mol. The normalized spacial score (nSPS) is 65.0. The van der Waals surface area contributed by atoms with E-state index in [1.807, 2.05) is 0 Å². The highest BCUT2D eigenvalue weighted by Crippen LogP contribution is 2.66. The minimum atomic E-state index is 0.421. The minimum absolute atomic E-state index is 0.421. The molecule has 0 amide bonds. The van der Waals surface area contributed by atoms with Crippen LogP contribution in [0.5, 0.6) is 0 Å². The van der Waals surface area contributed by atoms with E-state index in [1.54, 1.807) is 0 Å². The van der Waals surface area contributed by atoms with Crippen molar-refractivity contribution in [1.29, 1.82) is 0 Å². The molecule has 16 heavy (non-hydrogen) atoms. The van der Waals surface area contributed by atoms with Crippen LogP contribution in [0.2, 0.25) is 0 Å². The smallest absolute Gasteiger partial charge is 0.0696 e. The molecule has 3 aliphatic heterocycles. The van der Waals surface area contributed by atoms with Gasteiger partial charge in [-0.05, 0) is 42.9 Å². The summed E-state index contributed by atoms with van der Waals surface area (Å²) in [7, 11) is 0. The zero-order chi connectivity index (χ0) is 10.3. The average Bonchev–Trinajstić information content (AvgIpc) is 3.01. The lowest BCUT2D eigenvalue weighted by Gasteiger charge is -2.39. The molecular formula is C14H18O2. The van der Waals surface area contributed by atoms with Crippen LogP contribution in [0, 0.1) is 29.1 Å². The van der Waals surface area contributed by atoms with E-state index < -0.39 is 0 Å². The summed E-state index contributed by atoms with van der Waals surface area (Å²) in [5, 5.41) is 0. The number of ether oxygens (including phenoxy) is 2. The Balaban J connectivity index is 1.58. The second-order valence-corrected chi connectivity index (χ2v) is 6.57. The van der Waals surface area contributed by atoms with Crippen LogP contribution in [0.15, 0.2) is 12.2 Å². The summed E-state index contributed by atoms with van der Waals surface area (Å²) in [4.78, 5) is 0. The molecule has 0 aromatic heterocycles. The maximum absolute atomic E-state index is 6.34. The number of allylic oxidation sites excluding steroid dienone is 2. The molecule has 0 N–H and O–H groups in total. The highest BCUT2D eigenvalue weighted by atomic mass is 16.5. The molecule has 86 valence electrons. The monoisotopic (exact) mass is 218 g/mol. The topological polar surface area (TPSA) is 18.5 Å². The first-order valence-corrected chi connectivity index (χ1v) is 6.79. The van der Waals surface area contributed by atoms with E-state index >= 15 is 0 Å². The zero-order valence-electron chi connectivity index (χ0n) is 9.47. The molecule has 5 aliphatic rings. The first-order valence-electron chi connectivity index (χ1n) is 6.79. The Hall–Kier alpha value is -0.340. The van der Waals surface area contributed by atoms with E-state index in [0.717, 1.165) is 36.9 Å². The quantitative estimate of drug-likeness (QED) is 0.579. The Morgan fingerprint density at radius 3 is 2.81 bits per heavy atom. The summed E-state index contributed by atoms with van der Waals surface area (Å²) in [5.74, 6) is 3.40. The lowest BCUT2D eigenvalue weighted by molar-refractivity contribution is 0.0209. The van der Waals surface area contributed by atoms with E-state index in [1.165, 1.54) is 19.3 Å². The van der Waals surface area contributed by atoms with Crippen molar-refractivity contribution in [3.63, 3.8) is 0 Å². The minimum Gasteiger partial charge on any atom is -0.381 e. The lowest BCUT2D eigenvalue weighted by Crippen LogP contribution is -2.44. The fraction of sp³-hybridized carbons (Fsp3) is 0.857. The Morgan fingerprint density at radius 2 is 2.00 bits per heavy atom. The second kappa shape index (κ2) is 2.56. The van der Waals surface area contributed by atoms with Gasteiger partial charge in [0.1, 0.15) is 0 Å². The molecule has 1 spiro atoms. The third-order valence-electron chi connectivity index (χ3n) is 6.03. The van der Waals surface area contributed by atoms with E-state index in [-0.39, 0.29) is 0 Å². The third kappa shape index (κ3) is 0.790. The van der Waals surface area contributed by atoms with Gasteiger partial charge >= 0.3 is 0 Å². The van der Waals surface area contributed by atoms with Crippen molar-refractivity contribution in [1.82, 2.24) is 0 Å². The molecule has 5 rings (SSSR count). The Bertz CT molecular complexity index is 369. The Morgan fingerprint density at radius 1 is 1.12 bits per heavy atom. The van der Waals surface area contributed by atoms with Crippen LogP contribution in [0.4, 0.5) is 0 Å². The molecule has 0 aromatic carbocycles. The molecule has 1 saturated carbocycles. The Labute approximate surface area is 96.0 Å². The first kappa shape index (κ1) is 8.71. The van der Waals surface area contributed by atoms with Gasteiger partial charge in [0.2, 0.25) is 0 Å². The number of hydrogen-bond donors (Lipinski definition) is 0. The van der Waals surface area contributed by atoms with Crippen LogP contribution in [-0.4, -0.2) is 25.4 Å². The van der Waals surface area contributed by atoms with Crippen LogP contribution >= 0.6 is 0 Å². The van der Waals surface area contributed by atoms with Crippen molar-refractivity contribution in [3.8, 4) is 0 Å². The molecule has 0 aromatic rings. The van der Waals surface area contributed by atoms with Crippen molar-refractivity contribution >= 4 is 0 Å². The summed E-state index contributed by atoms with van der Waals surface area (Å²) in [6.07, 6.45) is 9.99. The standard InChI is InChI=1S/C14H18O2/c1-2-9-5-8(1)11-10-6-14(3-4-15-7-14)13(16-10)12(9)11/h1-2,8-13H,3-7H2. The predicted octanol–water partition coefficient (Wildman–Crippen LogP) is 2.00. The van der Waals surface area contributed by atoms with Crippen molar-refractivity contribution in [3.05, 3.63) is 12.2 Å². The van der Waals surface area contributed by atoms with E-state index in [9.17, 15) is 0 Å². The largest absolute Gasteiger partial charge is 0.381 e. The molecular weight excluding hydrogens is 200 g/mol. The molecule has 2 aliphatic carbocycles. The van der Waals surface area contributed by atoms with Crippen LogP contribution < -0.4 is 0 Å². The van der Waals surface area contributed by atoms with Crippen molar-refractivity contribution in [2.45, 2.75) is 31.5 Å². The maximum Gasteiger partial charge on any atom is 0.0696 e. The number of hydrogen-bond acceptors (Lipinski definition) is 2. The summed E-state index contributed by atoms with van der Waals surface area (Å²) in [6.45, 7) is 1.94. The van der Waals surface area contributed by atoms with Gasteiger partial charge in [0.15, 0.2) is 0 Å². The lowest BCUT2D eigenvalue weighted by atomic mass is 9.62. The zero-order valence-corrected chi connectivity index (χ0v) is 9.47. The second-order valence-electron chi connectivity index (χ2n) is 6.57. The van der Waals surface area contributed by atoms with Gasteiger partial charge in [-0.3, -0.25) is 0 Å². The summed E-state index contributed by atoms with van der Waals surface area (Å²) < 4.78 is 12.0. The molecule has 2 nitrogen and oxygen atoms in total. The fourth-order valence-electron chi connectivity index (χ4n) is 5.48. The van der Waals surface area contributed by atoms with E-state index in [2.05, 4.69) is 12.2 Å². The molecule has 7 unspecified atom stereocenters.